The minimum absolute atomic E-state index is 0.0762. The van der Waals surface area contributed by atoms with E-state index in [2.05, 4.69) is 10.00 Å². The zero-order valence-corrected chi connectivity index (χ0v) is 15.2. The highest BCUT2D eigenvalue weighted by Gasteiger charge is 2.36. The Morgan fingerprint density at radius 2 is 2.12 bits per heavy atom. The van der Waals surface area contributed by atoms with E-state index in [1.54, 1.807) is 22.2 Å². The lowest BCUT2D eigenvalue weighted by Gasteiger charge is -2.44. The summed E-state index contributed by atoms with van der Waals surface area (Å²) in [7, 11) is 0. The number of hydrogen-bond acceptors (Lipinski definition) is 4. The van der Waals surface area contributed by atoms with Crippen LogP contribution in [-0.4, -0.2) is 44.9 Å². The van der Waals surface area contributed by atoms with Gasteiger partial charge in [-0.15, -0.1) is 11.3 Å². The first kappa shape index (κ1) is 16.8. The molecule has 1 aliphatic carbocycles. The third-order valence-corrected chi connectivity index (χ3v) is 6.58. The molecule has 1 amide bonds. The van der Waals surface area contributed by atoms with Gasteiger partial charge in [-0.3, -0.25) is 9.48 Å². The average Bonchev–Trinajstić information content (AvgIpc) is 3.30. The lowest BCUT2D eigenvalue weighted by atomic mass is 9.78. The molecule has 2 aliphatic rings. The Hall–Kier alpha value is -1.66. The standard InChI is InChI=1S/C19H25N3O2S/c23-9-8-21-12-16(11-20-21)18-10-15(13-25-18)19(24)22-7-3-5-14-4-1-2-6-17(14)22/h10-14,17,23H,1-9H2. The second-order valence-electron chi connectivity index (χ2n) is 7.17. The number of thiophene rings is 1. The summed E-state index contributed by atoms with van der Waals surface area (Å²) in [4.78, 5) is 16.3. The lowest BCUT2D eigenvalue weighted by Crippen LogP contribution is -2.49. The molecule has 25 heavy (non-hydrogen) atoms. The molecule has 2 fully saturated rings. The minimum Gasteiger partial charge on any atom is -0.394 e. The van der Waals surface area contributed by atoms with Crippen molar-refractivity contribution in [2.24, 2.45) is 5.92 Å². The molecule has 1 saturated carbocycles. The number of carbonyl (C=O) groups is 1. The Bertz CT molecular complexity index is 737. The van der Waals surface area contributed by atoms with Crippen LogP contribution in [0.25, 0.3) is 10.4 Å². The highest BCUT2D eigenvalue weighted by molar-refractivity contribution is 7.13. The van der Waals surface area contributed by atoms with Crippen molar-refractivity contribution in [3.63, 3.8) is 0 Å². The summed E-state index contributed by atoms with van der Waals surface area (Å²) < 4.78 is 1.73. The molecular formula is C19H25N3O2S. The van der Waals surface area contributed by atoms with Crippen molar-refractivity contribution in [3.8, 4) is 10.4 Å². The van der Waals surface area contributed by atoms with E-state index in [1.807, 2.05) is 17.6 Å². The smallest absolute Gasteiger partial charge is 0.254 e. The van der Waals surface area contributed by atoms with Crippen LogP contribution in [0, 0.1) is 5.92 Å². The maximum Gasteiger partial charge on any atom is 0.254 e. The molecule has 2 atom stereocenters. The quantitative estimate of drug-likeness (QED) is 0.910. The molecule has 0 aromatic carbocycles. The van der Waals surface area contributed by atoms with Crippen molar-refractivity contribution in [1.82, 2.24) is 14.7 Å². The molecule has 6 heteroatoms. The topological polar surface area (TPSA) is 58.4 Å². The SMILES string of the molecule is O=C(c1csc(-c2cnn(CCO)c2)c1)N1CCCC2CCCCC21. The molecule has 2 aromatic heterocycles. The minimum atomic E-state index is 0.0762. The fourth-order valence-corrected chi connectivity index (χ4v) is 5.22. The molecule has 0 bridgehead atoms. The number of likely N-dealkylation sites (tertiary alicyclic amines) is 1. The molecule has 2 aromatic rings. The Kier molecular flexibility index (Phi) is 4.90. The van der Waals surface area contributed by atoms with Gasteiger partial charge in [0.05, 0.1) is 24.9 Å². The van der Waals surface area contributed by atoms with Gasteiger partial charge in [-0.1, -0.05) is 12.8 Å². The molecule has 5 nitrogen and oxygen atoms in total. The summed E-state index contributed by atoms with van der Waals surface area (Å²) in [6.45, 7) is 1.47. The summed E-state index contributed by atoms with van der Waals surface area (Å²) in [6, 6.07) is 2.45. The number of aromatic nitrogens is 2. The van der Waals surface area contributed by atoms with Crippen LogP contribution in [0.3, 0.4) is 0 Å². The number of aliphatic hydroxyl groups is 1. The highest BCUT2D eigenvalue weighted by Crippen LogP contribution is 2.36. The van der Waals surface area contributed by atoms with Crippen LogP contribution in [0.5, 0.6) is 0 Å². The molecule has 0 radical (unpaired) electrons. The van der Waals surface area contributed by atoms with E-state index < -0.39 is 0 Å². The van der Waals surface area contributed by atoms with E-state index in [9.17, 15) is 4.79 Å². The number of carbonyl (C=O) groups excluding carboxylic acids is 1. The van der Waals surface area contributed by atoms with Crippen LogP contribution >= 0.6 is 11.3 Å². The van der Waals surface area contributed by atoms with Gasteiger partial charge < -0.3 is 10.0 Å². The molecule has 1 saturated heterocycles. The first-order valence-electron chi connectivity index (χ1n) is 9.29. The molecule has 2 unspecified atom stereocenters. The lowest BCUT2D eigenvalue weighted by molar-refractivity contribution is 0.0391. The number of hydrogen-bond donors (Lipinski definition) is 1. The zero-order chi connectivity index (χ0) is 17.2. The maximum atomic E-state index is 13.1. The van der Waals surface area contributed by atoms with E-state index in [4.69, 9.17) is 5.11 Å². The van der Waals surface area contributed by atoms with Crippen molar-refractivity contribution < 1.29 is 9.90 Å². The Morgan fingerprint density at radius 3 is 3.00 bits per heavy atom. The normalized spacial score (nSPS) is 23.5. The molecule has 1 aliphatic heterocycles. The van der Waals surface area contributed by atoms with Crippen LogP contribution in [-0.2, 0) is 6.54 Å². The number of aliphatic hydroxyl groups excluding tert-OH is 1. The van der Waals surface area contributed by atoms with Crippen LogP contribution in [0.4, 0.5) is 0 Å². The summed E-state index contributed by atoms with van der Waals surface area (Å²) in [6.07, 6.45) is 11.2. The second kappa shape index (κ2) is 7.30. The van der Waals surface area contributed by atoms with Gasteiger partial charge in [0.2, 0.25) is 0 Å². The Balaban J connectivity index is 1.51. The first-order chi connectivity index (χ1) is 12.3. The van der Waals surface area contributed by atoms with Gasteiger partial charge in [-0.25, -0.2) is 0 Å². The summed E-state index contributed by atoms with van der Waals surface area (Å²) in [5, 5.41) is 15.2. The predicted molar refractivity (Wildman–Crippen MR) is 98.6 cm³/mol. The van der Waals surface area contributed by atoms with Crippen LogP contribution in [0.1, 0.15) is 48.9 Å². The fourth-order valence-electron chi connectivity index (χ4n) is 4.36. The van der Waals surface area contributed by atoms with Crippen molar-refractivity contribution in [2.75, 3.05) is 13.2 Å². The third kappa shape index (κ3) is 3.37. The molecule has 4 rings (SSSR count). The maximum absolute atomic E-state index is 13.1. The van der Waals surface area contributed by atoms with Crippen molar-refractivity contribution in [3.05, 3.63) is 29.4 Å². The number of fused-ring (bicyclic) bond motifs is 1. The largest absolute Gasteiger partial charge is 0.394 e. The van der Waals surface area contributed by atoms with Crippen molar-refractivity contribution in [1.29, 1.82) is 0 Å². The van der Waals surface area contributed by atoms with Crippen LogP contribution < -0.4 is 0 Å². The molecule has 3 heterocycles. The number of amides is 1. The van der Waals surface area contributed by atoms with E-state index in [-0.39, 0.29) is 12.5 Å². The van der Waals surface area contributed by atoms with Crippen LogP contribution in [0.15, 0.2) is 23.8 Å². The summed E-state index contributed by atoms with van der Waals surface area (Å²) in [5.74, 6) is 0.906. The van der Waals surface area contributed by atoms with E-state index >= 15 is 0 Å². The van der Waals surface area contributed by atoms with E-state index in [0.29, 0.717) is 18.5 Å². The molecular weight excluding hydrogens is 334 g/mol. The van der Waals surface area contributed by atoms with Gasteiger partial charge in [0, 0.05) is 34.6 Å². The van der Waals surface area contributed by atoms with Gasteiger partial charge >= 0.3 is 0 Å². The summed E-state index contributed by atoms with van der Waals surface area (Å²) in [5.41, 5.74) is 1.81. The fraction of sp³-hybridized carbons (Fsp3) is 0.579. The second-order valence-corrected chi connectivity index (χ2v) is 8.08. The number of nitrogens with zero attached hydrogens (tertiary/aromatic N) is 3. The van der Waals surface area contributed by atoms with Crippen molar-refractivity contribution >= 4 is 17.2 Å². The average molecular weight is 359 g/mol. The van der Waals surface area contributed by atoms with Gasteiger partial charge in [-0.2, -0.15) is 5.10 Å². The summed E-state index contributed by atoms with van der Waals surface area (Å²) >= 11 is 1.59. The van der Waals surface area contributed by atoms with Gasteiger partial charge in [-0.05, 0) is 37.7 Å². The van der Waals surface area contributed by atoms with E-state index in [0.717, 1.165) is 29.0 Å². The zero-order valence-electron chi connectivity index (χ0n) is 14.4. The number of rotatable bonds is 4. The number of piperidine rings is 1. The first-order valence-corrected chi connectivity index (χ1v) is 10.2. The van der Waals surface area contributed by atoms with Crippen molar-refractivity contribution in [2.45, 2.75) is 51.1 Å². The van der Waals surface area contributed by atoms with Gasteiger partial charge in [0.1, 0.15) is 0 Å². The van der Waals surface area contributed by atoms with E-state index in [1.165, 1.54) is 32.1 Å². The third-order valence-electron chi connectivity index (χ3n) is 5.60. The Morgan fingerprint density at radius 1 is 1.28 bits per heavy atom. The molecule has 0 spiro atoms. The highest BCUT2D eigenvalue weighted by atomic mass is 32.1. The van der Waals surface area contributed by atoms with Gasteiger partial charge in [0.15, 0.2) is 0 Å². The monoisotopic (exact) mass is 359 g/mol. The molecule has 1 N–H and O–H groups in total. The van der Waals surface area contributed by atoms with Gasteiger partial charge in [0.25, 0.3) is 5.91 Å². The molecule has 134 valence electrons. The Labute approximate surface area is 152 Å². The predicted octanol–water partition coefficient (Wildman–Crippen LogP) is 3.40. The van der Waals surface area contributed by atoms with Crippen LogP contribution in [0.2, 0.25) is 0 Å².